The molecule has 3 aliphatic heterocycles. The molecule has 0 radical (unpaired) electrons. The summed E-state index contributed by atoms with van der Waals surface area (Å²) in [6.45, 7) is 3.15. The standard InChI is InChI=1S/C32H38N4O5/c1-40-23-10-11-26(28(19-23)41-2)32(21-33)14-17-35(18-15-32)16-5-3-4-7-22-8-6-9-24-25(22)20-36(31(24)39)27-12-13-29(37)34-30(27)38/h6,8-11,19,27H,3-5,7,12-18,20H2,1-2H3,(H,34,37,38). The van der Waals surface area contributed by atoms with E-state index in [0.717, 1.165) is 80.6 Å². The van der Waals surface area contributed by atoms with E-state index in [1.54, 1.807) is 19.1 Å². The number of hydrogen-bond acceptors (Lipinski definition) is 7. The Bertz CT molecular complexity index is 1360. The molecule has 2 saturated heterocycles. The van der Waals surface area contributed by atoms with Gasteiger partial charge in [0.15, 0.2) is 0 Å². The van der Waals surface area contributed by atoms with E-state index >= 15 is 0 Å². The molecule has 5 rings (SSSR count). The minimum atomic E-state index is -0.587. The van der Waals surface area contributed by atoms with Crippen molar-refractivity contribution in [3.63, 3.8) is 0 Å². The summed E-state index contributed by atoms with van der Waals surface area (Å²) in [6.07, 6.45) is 6.20. The van der Waals surface area contributed by atoms with Gasteiger partial charge in [0, 0.05) is 30.2 Å². The number of amides is 3. The minimum absolute atomic E-state index is 0.123. The van der Waals surface area contributed by atoms with Crippen LogP contribution in [0, 0.1) is 11.3 Å². The number of hydrogen-bond donors (Lipinski definition) is 1. The molecule has 0 saturated carbocycles. The smallest absolute Gasteiger partial charge is 0.255 e. The molecular weight excluding hydrogens is 520 g/mol. The maximum absolute atomic E-state index is 13.1. The normalized spacial score (nSPS) is 20.4. The molecule has 3 aliphatic rings. The summed E-state index contributed by atoms with van der Waals surface area (Å²) in [6, 6.07) is 13.6. The van der Waals surface area contributed by atoms with E-state index in [-0.39, 0.29) is 24.1 Å². The number of piperidine rings is 2. The van der Waals surface area contributed by atoms with Crippen molar-refractivity contribution in [2.75, 3.05) is 33.9 Å². The monoisotopic (exact) mass is 558 g/mol. The summed E-state index contributed by atoms with van der Waals surface area (Å²) < 4.78 is 10.9. The van der Waals surface area contributed by atoms with Crippen LogP contribution in [0.1, 0.15) is 72.0 Å². The first-order valence-corrected chi connectivity index (χ1v) is 14.5. The summed E-state index contributed by atoms with van der Waals surface area (Å²) in [5, 5.41) is 12.5. The van der Waals surface area contributed by atoms with Gasteiger partial charge in [-0.1, -0.05) is 24.6 Å². The highest BCUT2D eigenvalue weighted by atomic mass is 16.5. The van der Waals surface area contributed by atoms with Gasteiger partial charge in [-0.25, -0.2) is 0 Å². The zero-order chi connectivity index (χ0) is 29.0. The third-order valence-electron chi connectivity index (χ3n) is 8.95. The Kier molecular flexibility index (Phi) is 8.60. The highest BCUT2D eigenvalue weighted by molar-refractivity contribution is 6.05. The molecule has 9 heteroatoms. The van der Waals surface area contributed by atoms with Gasteiger partial charge in [0.05, 0.1) is 25.7 Å². The van der Waals surface area contributed by atoms with E-state index in [4.69, 9.17) is 9.47 Å². The molecule has 41 heavy (non-hydrogen) atoms. The Hall–Kier alpha value is -3.90. The zero-order valence-corrected chi connectivity index (χ0v) is 23.9. The molecule has 0 aromatic heterocycles. The van der Waals surface area contributed by atoms with E-state index in [1.807, 2.05) is 30.3 Å². The topological polar surface area (TPSA) is 112 Å². The molecule has 0 bridgehead atoms. The number of aryl methyl sites for hydroxylation is 1. The van der Waals surface area contributed by atoms with Gasteiger partial charge in [-0.15, -0.1) is 0 Å². The van der Waals surface area contributed by atoms with Gasteiger partial charge in [-0.3, -0.25) is 19.7 Å². The van der Waals surface area contributed by atoms with Gasteiger partial charge in [0.2, 0.25) is 11.8 Å². The predicted molar refractivity (Wildman–Crippen MR) is 153 cm³/mol. The van der Waals surface area contributed by atoms with E-state index in [2.05, 4.69) is 22.4 Å². The fourth-order valence-corrected chi connectivity index (χ4v) is 6.51. The first-order chi connectivity index (χ1) is 19.9. The summed E-state index contributed by atoms with van der Waals surface area (Å²) in [5.74, 6) is 0.643. The van der Waals surface area contributed by atoms with Crippen molar-refractivity contribution >= 4 is 17.7 Å². The number of benzene rings is 2. The lowest BCUT2D eigenvalue weighted by Gasteiger charge is -2.38. The van der Waals surface area contributed by atoms with Crippen LogP contribution in [0.5, 0.6) is 11.5 Å². The molecule has 216 valence electrons. The number of nitriles is 1. The molecule has 3 heterocycles. The van der Waals surface area contributed by atoms with Gasteiger partial charge >= 0.3 is 0 Å². The third kappa shape index (κ3) is 5.80. The Morgan fingerprint density at radius 1 is 1.05 bits per heavy atom. The molecule has 1 unspecified atom stereocenters. The van der Waals surface area contributed by atoms with E-state index in [1.165, 1.54) is 0 Å². The van der Waals surface area contributed by atoms with Crippen molar-refractivity contribution in [3.05, 3.63) is 58.7 Å². The van der Waals surface area contributed by atoms with Crippen LogP contribution in [0.2, 0.25) is 0 Å². The maximum atomic E-state index is 13.1. The number of imide groups is 1. The molecular formula is C32H38N4O5. The Labute approximate surface area is 241 Å². The van der Waals surface area contributed by atoms with Crippen LogP contribution in [-0.4, -0.2) is 67.4 Å². The maximum Gasteiger partial charge on any atom is 0.255 e. The summed E-state index contributed by atoms with van der Waals surface area (Å²) in [4.78, 5) is 41.1. The quantitative estimate of drug-likeness (QED) is 0.349. The number of likely N-dealkylation sites (tertiary alicyclic amines) is 1. The van der Waals surface area contributed by atoms with E-state index < -0.39 is 11.5 Å². The highest BCUT2D eigenvalue weighted by Gasteiger charge is 2.40. The first-order valence-electron chi connectivity index (χ1n) is 14.5. The van der Waals surface area contributed by atoms with E-state index in [9.17, 15) is 19.6 Å². The molecule has 2 aromatic rings. The number of rotatable bonds is 10. The van der Waals surface area contributed by atoms with Crippen molar-refractivity contribution in [1.29, 1.82) is 5.26 Å². The van der Waals surface area contributed by atoms with Crippen LogP contribution < -0.4 is 14.8 Å². The average molecular weight is 559 g/mol. The number of carbonyl (C=O) groups is 3. The Balaban J connectivity index is 1.10. The fourth-order valence-electron chi connectivity index (χ4n) is 6.51. The number of ether oxygens (including phenoxy) is 2. The molecule has 0 aliphatic carbocycles. The predicted octanol–water partition coefficient (Wildman–Crippen LogP) is 3.73. The summed E-state index contributed by atoms with van der Waals surface area (Å²) in [5.41, 5.74) is 3.24. The Morgan fingerprint density at radius 2 is 1.85 bits per heavy atom. The number of nitrogens with one attached hydrogen (secondary N) is 1. The van der Waals surface area contributed by atoms with Gasteiger partial charge in [-0.2, -0.15) is 5.26 Å². The lowest BCUT2D eigenvalue weighted by atomic mass is 9.73. The molecule has 1 N–H and O–H groups in total. The highest BCUT2D eigenvalue weighted by Crippen LogP contribution is 2.41. The summed E-state index contributed by atoms with van der Waals surface area (Å²) in [7, 11) is 3.26. The lowest BCUT2D eigenvalue weighted by molar-refractivity contribution is -0.136. The first kappa shape index (κ1) is 28.6. The number of methoxy groups -OCH3 is 2. The van der Waals surface area contributed by atoms with Crippen LogP contribution in [0.3, 0.4) is 0 Å². The van der Waals surface area contributed by atoms with Crippen LogP contribution in [0.4, 0.5) is 0 Å². The molecule has 2 aromatic carbocycles. The Morgan fingerprint density at radius 3 is 2.56 bits per heavy atom. The fraction of sp³-hybridized carbons (Fsp3) is 0.500. The SMILES string of the molecule is COc1ccc(C2(C#N)CCN(CCCCCc3cccc4c3CN(C3CCC(=O)NC3=O)C4=O)CC2)c(OC)c1. The van der Waals surface area contributed by atoms with Crippen LogP contribution in [-0.2, 0) is 28.0 Å². The molecule has 0 spiro atoms. The van der Waals surface area contributed by atoms with Crippen molar-refractivity contribution in [1.82, 2.24) is 15.1 Å². The van der Waals surface area contributed by atoms with Crippen molar-refractivity contribution in [2.45, 2.75) is 69.4 Å². The lowest BCUT2D eigenvalue weighted by Crippen LogP contribution is -2.52. The second kappa shape index (κ2) is 12.3. The van der Waals surface area contributed by atoms with Crippen molar-refractivity contribution in [3.8, 4) is 17.6 Å². The zero-order valence-electron chi connectivity index (χ0n) is 23.9. The van der Waals surface area contributed by atoms with Gasteiger partial charge in [-0.05, 0) is 81.4 Å². The largest absolute Gasteiger partial charge is 0.497 e. The molecule has 3 amide bonds. The van der Waals surface area contributed by atoms with Crippen molar-refractivity contribution < 1.29 is 23.9 Å². The van der Waals surface area contributed by atoms with Gasteiger partial charge in [0.25, 0.3) is 5.91 Å². The second-order valence-electron chi connectivity index (χ2n) is 11.3. The van der Waals surface area contributed by atoms with E-state index in [0.29, 0.717) is 24.3 Å². The average Bonchev–Trinajstić information content (AvgIpc) is 3.33. The van der Waals surface area contributed by atoms with Crippen LogP contribution in [0.25, 0.3) is 0 Å². The number of unbranched alkanes of at least 4 members (excludes halogenated alkanes) is 2. The van der Waals surface area contributed by atoms with Crippen LogP contribution in [0.15, 0.2) is 36.4 Å². The van der Waals surface area contributed by atoms with Gasteiger partial charge in [0.1, 0.15) is 17.5 Å². The molecule has 1 atom stereocenters. The number of carbonyl (C=O) groups excluding carboxylic acids is 3. The van der Waals surface area contributed by atoms with Gasteiger partial charge < -0.3 is 19.3 Å². The van der Waals surface area contributed by atoms with Crippen molar-refractivity contribution in [2.24, 2.45) is 0 Å². The second-order valence-corrected chi connectivity index (χ2v) is 11.3. The number of fused-ring (bicyclic) bond motifs is 1. The summed E-state index contributed by atoms with van der Waals surface area (Å²) >= 11 is 0. The molecule has 9 nitrogen and oxygen atoms in total. The third-order valence-corrected chi connectivity index (χ3v) is 8.95. The minimum Gasteiger partial charge on any atom is -0.497 e. The molecule has 2 fully saturated rings. The number of nitrogens with zero attached hydrogens (tertiary/aromatic N) is 3. The van der Waals surface area contributed by atoms with Crippen LogP contribution >= 0.6 is 0 Å².